The number of amides is 1. The summed E-state index contributed by atoms with van der Waals surface area (Å²) >= 11 is 11.6. The number of halogens is 2. The van der Waals surface area contributed by atoms with Gasteiger partial charge in [0, 0.05) is 6.04 Å². The quantitative estimate of drug-likeness (QED) is 0.761. The molecule has 2 aliphatic carbocycles. The molecule has 0 bridgehead atoms. The van der Waals surface area contributed by atoms with E-state index in [0.29, 0.717) is 25.7 Å². The van der Waals surface area contributed by atoms with Crippen molar-refractivity contribution in [2.24, 2.45) is 11.8 Å². The molecular formula is C10H13Cl2NO3. The number of carbonyl (C=O) groups is 2. The third-order valence-electron chi connectivity index (χ3n) is 3.27. The minimum Gasteiger partial charge on any atom is -0.481 e. The van der Waals surface area contributed by atoms with E-state index in [-0.39, 0.29) is 23.8 Å². The molecule has 4 nitrogen and oxygen atoms in total. The summed E-state index contributed by atoms with van der Waals surface area (Å²) in [4.78, 5) is 22.4. The molecule has 3 atom stereocenters. The lowest BCUT2D eigenvalue weighted by molar-refractivity contribution is -0.141. The fraction of sp³-hybridized carbons (Fsp3) is 0.800. The molecule has 6 heteroatoms. The second-order valence-electron chi connectivity index (χ2n) is 4.57. The predicted molar refractivity (Wildman–Crippen MR) is 59.5 cm³/mol. The van der Waals surface area contributed by atoms with Gasteiger partial charge >= 0.3 is 5.97 Å². The van der Waals surface area contributed by atoms with E-state index in [1.165, 1.54) is 0 Å². The van der Waals surface area contributed by atoms with Crippen LogP contribution >= 0.6 is 23.2 Å². The lowest BCUT2D eigenvalue weighted by atomic mass is 10.1. The normalized spacial score (nSPS) is 35.8. The van der Waals surface area contributed by atoms with E-state index in [4.69, 9.17) is 28.3 Å². The molecule has 0 aromatic carbocycles. The Kier molecular flexibility index (Phi) is 3.05. The van der Waals surface area contributed by atoms with Crippen molar-refractivity contribution in [1.82, 2.24) is 5.32 Å². The molecular weight excluding hydrogens is 253 g/mol. The lowest BCUT2D eigenvalue weighted by Gasteiger charge is -2.12. The van der Waals surface area contributed by atoms with Gasteiger partial charge in [-0.15, -0.1) is 23.2 Å². The van der Waals surface area contributed by atoms with Gasteiger partial charge in [-0.1, -0.05) is 0 Å². The zero-order valence-electron chi connectivity index (χ0n) is 8.58. The largest absolute Gasteiger partial charge is 0.481 e. The van der Waals surface area contributed by atoms with E-state index in [2.05, 4.69) is 5.32 Å². The molecule has 2 N–H and O–H groups in total. The highest BCUT2D eigenvalue weighted by molar-refractivity contribution is 6.52. The fourth-order valence-corrected chi connectivity index (χ4v) is 2.64. The molecule has 0 aromatic rings. The van der Waals surface area contributed by atoms with Crippen LogP contribution in [0.15, 0.2) is 0 Å². The Morgan fingerprint density at radius 2 is 1.94 bits per heavy atom. The van der Waals surface area contributed by atoms with Crippen molar-refractivity contribution in [3.63, 3.8) is 0 Å². The first-order valence-electron chi connectivity index (χ1n) is 5.31. The summed E-state index contributed by atoms with van der Waals surface area (Å²) in [6, 6.07) is -0.0432. The van der Waals surface area contributed by atoms with Crippen LogP contribution in [0.25, 0.3) is 0 Å². The zero-order chi connectivity index (χ0) is 11.9. The lowest BCUT2D eigenvalue weighted by Crippen LogP contribution is -2.35. The highest BCUT2D eigenvalue weighted by Crippen LogP contribution is 2.53. The number of hydrogen-bond donors (Lipinski definition) is 2. The van der Waals surface area contributed by atoms with Crippen molar-refractivity contribution in [2.45, 2.75) is 36.1 Å². The monoisotopic (exact) mass is 265 g/mol. The first-order chi connectivity index (χ1) is 7.40. The van der Waals surface area contributed by atoms with Crippen LogP contribution < -0.4 is 5.32 Å². The van der Waals surface area contributed by atoms with Gasteiger partial charge in [-0.05, 0) is 25.7 Å². The molecule has 0 heterocycles. The predicted octanol–water partition coefficient (Wildman–Crippen LogP) is 1.55. The van der Waals surface area contributed by atoms with Crippen LogP contribution in [0.1, 0.15) is 25.7 Å². The van der Waals surface area contributed by atoms with Crippen molar-refractivity contribution >= 4 is 35.1 Å². The van der Waals surface area contributed by atoms with Gasteiger partial charge in [0.1, 0.15) is 4.33 Å². The number of nitrogens with one attached hydrogen (secondary N) is 1. The smallest absolute Gasteiger partial charge is 0.306 e. The summed E-state index contributed by atoms with van der Waals surface area (Å²) in [7, 11) is 0. The number of carboxylic acids is 1. The highest BCUT2D eigenvalue weighted by atomic mass is 35.5. The van der Waals surface area contributed by atoms with Crippen molar-refractivity contribution in [3.05, 3.63) is 0 Å². The Balaban J connectivity index is 1.80. The van der Waals surface area contributed by atoms with Crippen LogP contribution in [-0.4, -0.2) is 27.4 Å². The topological polar surface area (TPSA) is 66.4 Å². The Labute approximate surface area is 103 Å². The first kappa shape index (κ1) is 12.0. The molecule has 90 valence electrons. The Morgan fingerprint density at radius 3 is 2.38 bits per heavy atom. The van der Waals surface area contributed by atoms with E-state index in [9.17, 15) is 9.59 Å². The molecule has 2 rings (SSSR count). The third kappa shape index (κ3) is 2.43. The van der Waals surface area contributed by atoms with E-state index in [1.54, 1.807) is 0 Å². The van der Waals surface area contributed by atoms with Crippen LogP contribution in [0.3, 0.4) is 0 Å². The molecule has 2 aliphatic rings. The molecule has 1 amide bonds. The first-order valence-corrected chi connectivity index (χ1v) is 6.07. The summed E-state index contributed by atoms with van der Waals surface area (Å²) in [5.74, 6) is -1.60. The van der Waals surface area contributed by atoms with Gasteiger partial charge in [-0.25, -0.2) is 0 Å². The summed E-state index contributed by atoms with van der Waals surface area (Å²) in [5, 5.41) is 11.6. The van der Waals surface area contributed by atoms with Crippen molar-refractivity contribution in [2.75, 3.05) is 0 Å². The Bertz CT molecular complexity index is 332. The fourth-order valence-electron chi connectivity index (χ4n) is 2.14. The maximum absolute atomic E-state index is 11.6. The van der Waals surface area contributed by atoms with Gasteiger partial charge in [-0.3, -0.25) is 9.59 Å². The van der Waals surface area contributed by atoms with Gasteiger partial charge in [0.15, 0.2) is 0 Å². The van der Waals surface area contributed by atoms with Gasteiger partial charge in [0.25, 0.3) is 0 Å². The van der Waals surface area contributed by atoms with Crippen LogP contribution in [0.4, 0.5) is 0 Å². The molecule has 0 aromatic heterocycles. The minimum absolute atomic E-state index is 0.0432. The zero-order valence-corrected chi connectivity index (χ0v) is 10.1. The van der Waals surface area contributed by atoms with Crippen LogP contribution in [0, 0.1) is 11.8 Å². The molecule has 0 spiro atoms. The van der Waals surface area contributed by atoms with Crippen LogP contribution in [0.5, 0.6) is 0 Å². The number of hydrogen-bond acceptors (Lipinski definition) is 2. The standard InChI is InChI=1S/C10H13Cl2NO3/c11-10(12)4-7(10)8(14)13-6-2-1-5(3-6)9(15)16/h5-7H,1-4H2,(H,13,14)(H,15,16). The maximum atomic E-state index is 11.6. The average Bonchev–Trinajstić information content (AvgIpc) is 2.62. The summed E-state index contributed by atoms with van der Waals surface area (Å²) in [5.41, 5.74) is 0. The van der Waals surface area contributed by atoms with E-state index in [1.807, 2.05) is 0 Å². The van der Waals surface area contributed by atoms with Gasteiger partial charge in [0.05, 0.1) is 11.8 Å². The number of carbonyl (C=O) groups excluding carboxylic acids is 1. The van der Waals surface area contributed by atoms with Gasteiger partial charge < -0.3 is 10.4 Å². The summed E-state index contributed by atoms with van der Waals surface area (Å²) < 4.78 is -0.908. The Hall–Kier alpha value is -0.480. The van der Waals surface area contributed by atoms with E-state index >= 15 is 0 Å². The third-order valence-corrected chi connectivity index (χ3v) is 4.11. The van der Waals surface area contributed by atoms with Crippen molar-refractivity contribution in [3.8, 4) is 0 Å². The maximum Gasteiger partial charge on any atom is 0.306 e. The van der Waals surface area contributed by atoms with Gasteiger partial charge in [0.2, 0.25) is 5.91 Å². The highest BCUT2D eigenvalue weighted by Gasteiger charge is 2.56. The number of aliphatic carboxylic acids is 1. The number of carboxylic acid groups (broad SMARTS) is 1. The molecule has 2 saturated carbocycles. The van der Waals surface area contributed by atoms with Crippen LogP contribution in [0.2, 0.25) is 0 Å². The molecule has 2 fully saturated rings. The molecule has 0 saturated heterocycles. The van der Waals surface area contributed by atoms with Crippen molar-refractivity contribution < 1.29 is 14.7 Å². The average molecular weight is 266 g/mol. The van der Waals surface area contributed by atoms with E-state index < -0.39 is 10.3 Å². The second-order valence-corrected chi connectivity index (χ2v) is 6.11. The number of alkyl halides is 2. The van der Waals surface area contributed by atoms with E-state index in [0.717, 1.165) is 0 Å². The molecule has 16 heavy (non-hydrogen) atoms. The van der Waals surface area contributed by atoms with Crippen molar-refractivity contribution in [1.29, 1.82) is 0 Å². The molecule has 0 aliphatic heterocycles. The minimum atomic E-state index is -0.908. The molecule has 3 unspecified atom stereocenters. The van der Waals surface area contributed by atoms with Gasteiger partial charge in [-0.2, -0.15) is 0 Å². The SMILES string of the molecule is O=C(O)C1CCC(NC(=O)C2CC2(Cl)Cl)C1. The number of rotatable bonds is 3. The summed E-state index contributed by atoms with van der Waals surface area (Å²) in [6.45, 7) is 0. The summed E-state index contributed by atoms with van der Waals surface area (Å²) in [6.07, 6.45) is 2.33. The molecule has 0 radical (unpaired) electrons. The van der Waals surface area contributed by atoms with Crippen LogP contribution in [-0.2, 0) is 9.59 Å². The second kappa shape index (κ2) is 4.08. The Morgan fingerprint density at radius 1 is 1.31 bits per heavy atom.